The molecule has 2 aromatic rings. The van der Waals surface area contributed by atoms with Crippen molar-refractivity contribution in [1.29, 1.82) is 0 Å². The van der Waals surface area contributed by atoms with Gasteiger partial charge in [0.1, 0.15) is 17.8 Å². The van der Waals surface area contributed by atoms with E-state index in [-0.39, 0.29) is 24.4 Å². The minimum Gasteiger partial charge on any atom is -0.478 e. The van der Waals surface area contributed by atoms with Crippen molar-refractivity contribution in [2.75, 3.05) is 5.32 Å². The highest BCUT2D eigenvalue weighted by Crippen LogP contribution is 2.33. The smallest absolute Gasteiger partial charge is 0.265 e. The molecule has 0 saturated carbocycles. The summed E-state index contributed by atoms with van der Waals surface area (Å²) >= 11 is 0. The lowest BCUT2D eigenvalue weighted by molar-refractivity contribution is -0.123. The van der Waals surface area contributed by atoms with Crippen LogP contribution in [-0.4, -0.2) is 17.9 Å². The molecule has 0 spiro atoms. The van der Waals surface area contributed by atoms with Crippen LogP contribution in [0, 0.1) is 0 Å². The number of furan rings is 1. The zero-order valence-electron chi connectivity index (χ0n) is 14.2. The Morgan fingerprint density at radius 3 is 2.88 bits per heavy atom. The van der Waals surface area contributed by atoms with Crippen LogP contribution in [0.5, 0.6) is 5.75 Å². The average molecular weight is 343 g/mol. The number of benzene rings is 1. The van der Waals surface area contributed by atoms with Crippen molar-refractivity contribution >= 4 is 17.5 Å². The second-order valence-corrected chi connectivity index (χ2v) is 5.96. The molecule has 2 atom stereocenters. The summed E-state index contributed by atoms with van der Waals surface area (Å²) in [6.45, 7) is 4.01. The largest absolute Gasteiger partial charge is 0.478 e. The van der Waals surface area contributed by atoms with Crippen LogP contribution >= 0.6 is 0 Å². The summed E-state index contributed by atoms with van der Waals surface area (Å²) in [5.74, 6) is 0.786. The first-order chi connectivity index (χ1) is 12.0. The van der Waals surface area contributed by atoms with E-state index >= 15 is 0 Å². The van der Waals surface area contributed by atoms with Gasteiger partial charge in [-0.05, 0) is 37.1 Å². The van der Waals surface area contributed by atoms with Crippen molar-refractivity contribution in [2.45, 2.75) is 39.0 Å². The summed E-state index contributed by atoms with van der Waals surface area (Å²) in [7, 11) is 0. The van der Waals surface area contributed by atoms with Crippen molar-refractivity contribution in [2.24, 2.45) is 5.73 Å². The Hall–Kier alpha value is -2.80. The third kappa shape index (κ3) is 3.51. The predicted octanol–water partition coefficient (Wildman–Crippen LogP) is 2.34. The van der Waals surface area contributed by atoms with Gasteiger partial charge in [0.05, 0.1) is 23.8 Å². The normalized spacial score (nSPS) is 17.2. The average Bonchev–Trinajstić information content (AvgIpc) is 3.10. The molecule has 3 rings (SSSR count). The minimum absolute atomic E-state index is 0.139. The van der Waals surface area contributed by atoms with Gasteiger partial charge >= 0.3 is 0 Å². The fourth-order valence-electron chi connectivity index (χ4n) is 2.67. The van der Waals surface area contributed by atoms with Gasteiger partial charge in [-0.2, -0.15) is 0 Å². The summed E-state index contributed by atoms with van der Waals surface area (Å²) in [6, 6.07) is 6.85. The van der Waals surface area contributed by atoms with Gasteiger partial charge in [-0.25, -0.2) is 0 Å². The summed E-state index contributed by atoms with van der Waals surface area (Å²) < 4.78 is 10.9. The van der Waals surface area contributed by atoms with Gasteiger partial charge < -0.3 is 25.5 Å². The third-order valence-corrected chi connectivity index (χ3v) is 4.16. The monoisotopic (exact) mass is 343 g/mol. The molecule has 1 aromatic carbocycles. The Balaban J connectivity index is 1.73. The number of carbonyl (C=O) groups is 2. The van der Waals surface area contributed by atoms with E-state index < -0.39 is 6.10 Å². The maximum atomic E-state index is 12.3. The van der Waals surface area contributed by atoms with E-state index in [0.29, 0.717) is 29.2 Å². The van der Waals surface area contributed by atoms with Crippen LogP contribution in [0.4, 0.5) is 5.69 Å². The Morgan fingerprint density at radius 1 is 1.40 bits per heavy atom. The Morgan fingerprint density at radius 2 is 2.20 bits per heavy atom. The number of carbonyl (C=O) groups excluding carboxylic acids is 2. The van der Waals surface area contributed by atoms with Crippen LogP contribution in [0.1, 0.15) is 48.0 Å². The van der Waals surface area contributed by atoms with Gasteiger partial charge in [0, 0.05) is 0 Å². The molecule has 4 N–H and O–H groups in total. The first-order valence-electron chi connectivity index (χ1n) is 8.21. The number of hydrogen-bond acceptors (Lipinski definition) is 5. The van der Waals surface area contributed by atoms with Crippen molar-refractivity contribution in [3.63, 3.8) is 0 Å². The number of nitrogens with two attached hydrogens (primary N) is 1. The molecule has 0 radical (unpaired) electrons. The van der Waals surface area contributed by atoms with E-state index in [0.717, 1.165) is 5.56 Å². The van der Waals surface area contributed by atoms with Crippen molar-refractivity contribution in [3.05, 3.63) is 47.4 Å². The number of fused-ring (bicyclic) bond motifs is 1. The number of hydrogen-bond donors (Lipinski definition) is 3. The van der Waals surface area contributed by atoms with Crippen LogP contribution in [0.2, 0.25) is 0 Å². The number of rotatable bonds is 5. The van der Waals surface area contributed by atoms with Gasteiger partial charge in [0.15, 0.2) is 6.10 Å². The molecule has 7 heteroatoms. The molecule has 0 fully saturated rings. The second-order valence-electron chi connectivity index (χ2n) is 5.96. The van der Waals surface area contributed by atoms with E-state index in [2.05, 4.69) is 10.6 Å². The molecule has 1 aromatic heterocycles. The zero-order valence-corrected chi connectivity index (χ0v) is 14.2. The molecule has 0 bridgehead atoms. The van der Waals surface area contributed by atoms with E-state index in [4.69, 9.17) is 14.9 Å². The van der Waals surface area contributed by atoms with Crippen LogP contribution in [0.25, 0.3) is 0 Å². The van der Waals surface area contributed by atoms with Crippen molar-refractivity contribution < 1.29 is 18.7 Å². The first kappa shape index (κ1) is 17.0. The lowest BCUT2D eigenvalue weighted by Crippen LogP contribution is -2.36. The lowest BCUT2D eigenvalue weighted by atomic mass is 10.1. The Bertz CT molecular complexity index is 799. The lowest BCUT2D eigenvalue weighted by Gasteiger charge is -2.26. The maximum Gasteiger partial charge on any atom is 0.265 e. The van der Waals surface area contributed by atoms with Gasteiger partial charge in [-0.1, -0.05) is 13.0 Å². The molecule has 2 unspecified atom stereocenters. The highest BCUT2D eigenvalue weighted by Gasteiger charge is 2.26. The molecular weight excluding hydrogens is 322 g/mol. The first-order valence-corrected chi connectivity index (χ1v) is 8.21. The van der Waals surface area contributed by atoms with Crippen LogP contribution in [0.15, 0.2) is 34.9 Å². The summed E-state index contributed by atoms with van der Waals surface area (Å²) in [4.78, 5) is 24.1. The number of nitrogens with one attached hydrogen (secondary N) is 2. The molecule has 25 heavy (non-hydrogen) atoms. The van der Waals surface area contributed by atoms with Crippen molar-refractivity contribution in [1.82, 2.24) is 5.32 Å². The topological polar surface area (TPSA) is 107 Å². The van der Waals surface area contributed by atoms with E-state index in [1.165, 1.54) is 6.26 Å². The molecule has 1 aliphatic rings. The molecule has 0 saturated heterocycles. The zero-order chi connectivity index (χ0) is 18.0. The third-order valence-electron chi connectivity index (χ3n) is 4.16. The SMILES string of the molecule is CCC1Oc2cc(C(C)NC(=O)c3coc(CN)c3)ccc2NC1=O. The molecule has 0 aliphatic carbocycles. The number of amides is 2. The Kier molecular flexibility index (Phi) is 4.76. The number of anilines is 1. The van der Waals surface area contributed by atoms with Crippen LogP contribution < -0.4 is 21.1 Å². The fourth-order valence-corrected chi connectivity index (χ4v) is 2.67. The Labute approximate surface area is 145 Å². The molecule has 2 heterocycles. The molecular formula is C18H21N3O4. The van der Waals surface area contributed by atoms with Gasteiger partial charge in [0.2, 0.25) is 0 Å². The van der Waals surface area contributed by atoms with Crippen LogP contribution in [0.3, 0.4) is 0 Å². The predicted molar refractivity (Wildman–Crippen MR) is 92.3 cm³/mol. The molecule has 7 nitrogen and oxygen atoms in total. The van der Waals surface area contributed by atoms with E-state index in [1.807, 2.05) is 26.0 Å². The summed E-state index contributed by atoms with van der Waals surface area (Å²) in [6.07, 6.45) is 1.49. The number of ether oxygens (including phenoxy) is 1. The van der Waals surface area contributed by atoms with Crippen LogP contribution in [-0.2, 0) is 11.3 Å². The highest BCUT2D eigenvalue weighted by atomic mass is 16.5. The quantitative estimate of drug-likeness (QED) is 0.772. The van der Waals surface area contributed by atoms with E-state index in [1.54, 1.807) is 12.1 Å². The molecule has 2 amide bonds. The van der Waals surface area contributed by atoms with Crippen molar-refractivity contribution in [3.8, 4) is 5.75 Å². The fraction of sp³-hybridized carbons (Fsp3) is 0.333. The highest BCUT2D eigenvalue weighted by molar-refractivity contribution is 5.97. The molecule has 1 aliphatic heterocycles. The molecule has 132 valence electrons. The second kappa shape index (κ2) is 6.98. The van der Waals surface area contributed by atoms with Gasteiger partial charge in [-0.15, -0.1) is 0 Å². The minimum atomic E-state index is -0.492. The standard InChI is InChI=1S/C18H21N3O4/c1-3-15-18(23)21-14-5-4-11(7-16(14)25-15)10(2)20-17(22)12-6-13(8-19)24-9-12/h4-7,9-10,15H,3,8,19H2,1-2H3,(H,20,22)(H,21,23). The summed E-state index contributed by atoms with van der Waals surface area (Å²) in [5, 5.41) is 5.74. The summed E-state index contributed by atoms with van der Waals surface area (Å²) in [5.41, 5.74) is 7.43. The van der Waals surface area contributed by atoms with Gasteiger partial charge in [-0.3, -0.25) is 9.59 Å². The maximum absolute atomic E-state index is 12.3. The van der Waals surface area contributed by atoms with Gasteiger partial charge in [0.25, 0.3) is 11.8 Å². The van der Waals surface area contributed by atoms with E-state index in [9.17, 15) is 9.59 Å².